The van der Waals surface area contributed by atoms with E-state index in [-0.39, 0.29) is 5.52 Å². The van der Waals surface area contributed by atoms with Gasteiger partial charge in [-0.3, -0.25) is 4.79 Å². The van der Waals surface area contributed by atoms with Crippen LogP contribution >= 0.6 is 15.9 Å². The molecule has 0 radical (unpaired) electrons. The molecule has 0 aliphatic heterocycles. The van der Waals surface area contributed by atoms with Gasteiger partial charge in [-0.05, 0) is 28.1 Å². The Bertz CT molecular complexity index is 619. The smallest absolute Gasteiger partial charge is 0.302 e. The second-order valence-corrected chi connectivity index (χ2v) is 4.49. The van der Waals surface area contributed by atoms with Gasteiger partial charge >= 0.3 is 6.18 Å². The number of aromatic nitrogens is 2. The molecule has 0 saturated carbocycles. The number of carbonyl (C=O) groups is 1. The average molecular weight is 321 g/mol. The number of halogens is 4. The van der Waals surface area contributed by atoms with Gasteiger partial charge in [-0.1, -0.05) is 6.92 Å². The molecule has 0 spiro atoms. The molecule has 2 heterocycles. The fourth-order valence-corrected chi connectivity index (χ4v) is 2.23. The molecule has 18 heavy (non-hydrogen) atoms. The summed E-state index contributed by atoms with van der Waals surface area (Å²) in [4.78, 5) is 15.1. The van der Waals surface area contributed by atoms with Crippen molar-refractivity contribution in [3.63, 3.8) is 0 Å². The van der Waals surface area contributed by atoms with Crippen LogP contribution in [0.1, 0.15) is 23.2 Å². The summed E-state index contributed by atoms with van der Waals surface area (Å²) in [6, 6.07) is 3.24. The van der Waals surface area contributed by atoms with E-state index in [0.29, 0.717) is 16.7 Å². The van der Waals surface area contributed by atoms with Crippen molar-refractivity contribution >= 4 is 27.2 Å². The summed E-state index contributed by atoms with van der Waals surface area (Å²) in [5.41, 5.74) is -0.413. The lowest BCUT2D eigenvalue weighted by molar-refractivity contribution is -0.0887. The first-order valence-electron chi connectivity index (χ1n) is 5.13. The van der Waals surface area contributed by atoms with E-state index < -0.39 is 17.7 Å². The average Bonchev–Trinajstić information content (AvgIpc) is 2.67. The number of imidazole rings is 1. The maximum Gasteiger partial charge on any atom is 0.456 e. The maximum atomic E-state index is 12.5. The van der Waals surface area contributed by atoms with E-state index in [9.17, 15) is 18.0 Å². The van der Waals surface area contributed by atoms with E-state index in [1.165, 1.54) is 4.40 Å². The first kappa shape index (κ1) is 13.1. The zero-order valence-electron chi connectivity index (χ0n) is 9.25. The SMILES string of the molecule is CCc1nc(C(=O)C(F)(F)F)c2c(Br)cccn12. The quantitative estimate of drug-likeness (QED) is 0.795. The van der Waals surface area contributed by atoms with Crippen LogP contribution in [0.4, 0.5) is 13.2 Å². The zero-order chi connectivity index (χ0) is 13.5. The van der Waals surface area contributed by atoms with Crippen LogP contribution in [0.5, 0.6) is 0 Å². The minimum Gasteiger partial charge on any atom is -0.302 e. The van der Waals surface area contributed by atoms with E-state index in [4.69, 9.17) is 0 Å². The molecule has 2 aromatic heterocycles. The van der Waals surface area contributed by atoms with Crippen LogP contribution in [-0.4, -0.2) is 21.3 Å². The standard InChI is InChI=1S/C11H8BrF3N2O/c1-2-7-16-8(10(18)11(13,14)15)9-6(12)4-3-5-17(7)9/h3-5H,2H2,1H3. The van der Waals surface area contributed by atoms with Gasteiger partial charge in [0, 0.05) is 17.1 Å². The van der Waals surface area contributed by atoms with Crippen molar-refractivity contribution in [2.75, 3.05) is 0 Å². The number of Topliss-reactive ketones (excluding diaryl/α,β-unsaturated/α-hetero) is 1. The lowest BCUT2D eigenvalue weighted by atomic mass is 10.2. The maximum absolute atomic E-state index is 12.5. The Morgan fingerprint density at radius 2 is 2.17 bits per heavy atom. The minimum atomic E-state index is -4.92. The van der Waals surface area contributed by atoms with Crippen LogP contribution in [-0.2, 0) is 6.42 Å². The van der Waals surface area contributed by atoms with Gasteiger partial charge < -0.3 is 4.40 Å². The summed E-state index contributed by atoms with van der Waals surface area (Å²) >= 11 is 3.14. The van der Waals surface area contributed by atoms with Crippen LogP contribution in [0.15, 0.2) is 22.8 Å². The lowest BCUT2D eigenvalue weighted by Crippen LogP contribution is -2.23. The predicted octanol–water partition coefficient (Wildman–Crippen LogP) is 3.40. The third kappa shape index (κ3) is 2.03. The van der Waals surface area contributed by atoms with E-state index in [2.05, 4.69) is 20.9 Å². The molecular formula is C11H8BrF3N2O. The van der Waals surface area contributed by atoms with Gasteiger partial charge in [0.15, 0.2) is 0 Å². The highest BCUT2D eigenvalue weighted by molar-refractivity contribution is 9.10. The van der Waals surface area contributed by atoms with Gasteiger partial charge in [-0.25, -0.2) is 4.98 Å². The molecule has 3 nitrogen and oxygen atoms in total. The molecular weight excluding hydrogens is 313 g/mol. The number of nitrogens with zero attached hydrogens (tertiary/aromatic N) is 2. The Labute approximate surface area is 109 Å². The molecule has 0 unspecified atom stereocenters. The molecule has 0 saturated heterocycles. The van der Waals surface area contributed by atoms with Crippen LogP contribution in [0, 0.1) is 0 Å². The van der Waals surface area contributed by atoms with Gasteiger partial charge in [0.1, 0.15) is 11.5 Å². The van der Waals surface area contributed by atoms with Gasteiger partial charge in [0.05, 0.1) is 5.52 Å². The number of alkyl halides is 3. The molecule has 96 valence electrons. The third-order valence-corrected chi connectivity index (χ3v) is 3.12. The predicted molar refractivity (Wildman–Crippen MR) is 62.7 cm³/mol. The molecule has 0 atom stereocenters. The Morgan fingerprint density at radius 1 is 1.50 bits per heavy atom. The fraction of sp³-hybridized carbons (Fsp3) is 0.273. The number of hydrogen-bond donors (Lipinski definition) is 0. The molecule has 0 aliphatic carbocycles. The topological polar surface area (TPSA) is 34.4 Å². The monoisotopic (exact) mass is 320 g/mol. The van der Waals surface area contributed by atoms with Crippen molar-refractivity contribution in [1.29, 1.82) is 0 Å². The second-order valence-electron chi connectivity index (χ2n) is 3.63. The van der Waals surface area contributed by atoms with Crippen LogP contribution < -0.4 is 0 Å². The number of ketones is 1. The van der Waals surface area contributed by atoms with Gasteiger partial charge in [-0.15, -0.1) is 0 Å². The molecule has 2 aromatic rings. The Morgan fingerprint density at radius 3 is 2.72 bits per heavy atom. The molecule has 0 amide bonds. The number of fused-ring (bicyclic) bond motifs is 1. The molecule has 0 aromatic carbocycles. The van der Waals surface area contributed by atoms with E-state index in [1.54, 1.807) is 25.3 Å². The van der Waals surface area contributed by atoms with E-state index >= 15 is 0 Å². The van der Waals surface area contributed by atoms with Crippen LogP contribution in [0.25, 0.3) is 5.52 Å². The molecule has 2 rings (SSSR count). The van der Waals surface area contributed by atoms with Crippen LogP contribution in [0.3, 0.4) is 0 Å². The fourth-order valence-electron chi connectivity index (χ4n) is 1.70. The lowest BCUT2D eigenvalue weighted by Gasteiger charge is -2.03. The molecule has 0 N–H and O–H groups in total. The molecule has 0 fully saturated rings. The van der Waals surface area contributed by atoms with E-state index in [1.807, 2.05) is 0 Å². The third-order valence-electron chi connectivity index (χ3n) is 2.48. The normalized spacial score (nSPS) is 12.1. The highest BCUT2D eigenvalue weighted by Crippen LogP contribution is 2.28. The number of carbonyl (C=O) groups excluding carboxylic acids is 1. The number of pyridine rings is 1. The highest BCUT2D eigenvalue weighted by Gasteiger charge is 2.42. The molecule has 0 aliphatic rings. The minimum absolute atomic E-state index is 0.150. The van der Waals surface area contributed by atoms with Crippen molar-refractivity contribution in [3.8, 4) is 0 Å². The highest BCUT2D eigenvalue weighted by atomic mass is 79.9. The Kier molecular flexibility index (Phi) is 3.18. The zero-order valence-corrected chi connectivity index (χ0v) is 10.8. The van der Waals surface area contributed by atoms with Crippen molar-refractivity contribution < 1.29 is 18.0 Å². The van der Waals surface area contributed by atoms with Crippen molar-refractivity contribution in [2.24, 2.45) is 0 Å². The second kappa shape index (κ2) is 4.38. The first-order chi connectivity index (χ1) is 8.36. The van der Waals surface area contributed by atoms with Crippen molar-refractivity contribution in [3.05, 3.63) is 34.3 Å². The Balaban J connectivity index is 2.76. The summed E-state index contributed by atoms with van der Waals surface area (Å²) in [5, 5.41) is 0. The number of hydrogen-bond acceptors (Lipinski definition) is 2. The summed E-state index contributed by atoms with van der Waals surface area (Å²) in [7, 11) is 0. The molecule has 0 bridgehead atoms. The van der Waals surface area contributed by atoms with Crippen molar-refractivity contribution in [1.82, 2.24) is 9.38 Å². The van der Waals surface area contributed by atoms with Gasteiger partial charge in [0.2, 0.25) is 0 Å². The number of aryl methyl sites for hydroxylation is 1. The largest absolute Gasteiger partial charge is 0.456 e. The summed E-state index contributed by atoms with van der Waals surface area (Å²) in [5.74, 6) is -1.51. The van der Waals surface area contributed by atoms with Crippen LogP contribution in [0.2, 0.25) is 0 Å². The van der Waals surface area contributed by atoms with E-state index in [0.717, 1.165) is 0 Å². The number of rotatable bonds is 2. The van der Waals surface area contributed by atoms with Gasteiger partial charge in [-0.2, -0.15) is 13.2 Å². The van der Waals surface area contributed by atoms with Gasteiger partial charge in [0.25, 0.3) is 5.78 Å². The summed E-state index contributed by atoms with van der Waals surface area (Å²) < 4.78 is 39.4. The molecule has 7 heteroatoms. The van der Waals surface area contributed by atoms with Crippen molar-refractivity contribution in [2.45, 2.75) is 19.5 Å². The summed E-state index contributed by atoms with van der Waals surface area (Å²) in [6.45, 7) is 1.76. The Hall–Kier alpha value is -1.37. The summed E-state index contributed by atoms with van der Waals surface area (Å²) in [6.07, 6.45) is -2.91. The first-order valence-corrected chi connectivity index (χ1v) is 5.92.